The van der Waals surface area contributed by atoms with Crippen LogP contribution >= 0.6 is 11.6 Å². The molecule has 102 valence electrons. The molecule has 1 N–H and O–H groups in total. The van der Waals surface area contributed by atoms with E-state index in [0.29, 0.717) is 19.6 Å². The van der Waals surface area contributed by atoms with Gasteiger partial charge in [-0.2, -0.15) is 0 Å². The molecule has 0 amide bonds. The number of methoxy groups -OCH3 is 1. The topological polar surface area (TPSA) is 55.4 Å². The summed E-state index contributed by atoms with van der Waals surface area (Å²) in [5.74, 6) is 0. The molecule has 0 spiro atoms. The minimum Gasteiger partial charge on any atom is -0.383 e. The standard InChI is InChI=1S/C12H18ClNO3S/c1-10-4-3-5-12(8-10)18(15,16)14-7-6-11(13)9-17-2/h3-5,8,11,14H,6-7,9H2,1-2H3. The summed E-state index contributed by atoms with van der Waals surface area (Å²) in [5, 5.41) is -0.185. The molecular formula is C12H18ClNO3S. The summed E-state index contributed by atoms with van der Waals surface area (Å²) in [6, 6.07) is 6.78. The second-order valence-corrected chi connectivity index (χ2v) is 6.44. The molecule has 1 aromatic carbocycles. The fraction of sp³-hybridized carbons (Fsp3) is 0.500. The quantitative estimate of drug-likeness (QED) is 0.781. The number of nitrogens with one attached hydrogen (secondary N) is 1. The summed E-state index contributed by atoms with van der Waals surface area (Å²) in [6.45, 7) is 2.56. The van der Waals surface area contributed by atoms with Gasteiger partial charge in [-0.05, 0) is 31.0 Å². The molecule has 0 aliphatic carbocycles. The summed E-state index contributed by atoms with van der Waals surface area (Å²) in [6.07, 6.45) is 0.528. The van der Waals surface area contributed by atoms with Crippen LogP contribution in [0.1, 0.15) is 12.0 Å². The lowest BCUT2D eigenvalue weighted by molar-refractivity contribution is 0.196. The highest BCUT2D eigenvalue weighted by atomic mass is 35.5. The lowest BCUT2D eigenvalue weighted by Gasteiger charge is -2.10. The summed E-state index contributed by atoms with van der Waals surface area (Å²) < 4.78 is 31.3. The Kier molecular flexibility index (Phi) is 6.08. The smallest absolute Gasteiger partial charge is 0.240 e. The maximum absolute atomic E-state index is 11.9. The van der Waals surface area contributed by atoms with Gasteiger partial charge in [-0.15, -0.1) is 11.6 Å². The van der Waals surface area contributed by atoms with Crippen LogP contribution in [-0.2, 0) is 14.8 Å². The fourth-order valence-corrected chi connectivity index (χ4v) is 2.87. The number of halogens is 1. The number of rotatable bonds is 7. The molecule has 1 aromatic rings. The number of hydrogen-bond donors (Lipinski definition) is 1. The first-order valence-corrected chi connectivity index (χ1v) is 7.57. The molecular weight excluding hydrogens is 274 g/mol. The van der Waals surface area contributed by atoms with E-state index in [1.807, 2.05) is 13.0 Å². The van der Waals surface area contributed by atoms with Crippen molar-refractivity contribution in [1.29, 1.82) is 0 Å². The molecule has 0 aliphatic rings. The Labute approximate surface area is 113 Å². The Morgan fingerprint density at radius 1 is 1.44 bits per heavy atom. The van der Waals surface area contributed by atoms with Crippen molar-refractivity contribution in [2.45, 2.75) is 23.6 Å². The molecule has 1 unspecified atom stereocenters. The average molecular weight is 292 g/mol. The van der Waals surface area contributed by atoms with Crippen molar-refractivity contribution in [3.05, 3.63) is 29.8 Å². The Balaban J connectivity index is 2.55. The third kappa shape index (κ3) is 4.94. The van der Waals surface area contributed by atoms with Crippen molar-refractivity contribution >= 4 is 21.6 Å². The van der Waals surface area contributed by atoms with Crippen molar-refractivity contribution < 1.29 is 13.2 Å². The molecule has 0 bridgehead atoms. The molecule has 1 atom stereocenters. The van der Waals surface area contributed by atoms with E-state index in [0.717, 1.165) is 5.56 Å². The van der Waals surface area contributed by atoms with E-state index in [1.54, 1.807) is 25.3 Å². The second-order valence-electron chi connectivity index (χ2n) is 4.06. The number of benzene rings is 1. The maximum atomic E-state index is 11.9. The van der Waals surface area contributed by atoms with Crippen LogP contribution in [0.4, 0.5) is 0 Å². The van der Waals surface area contributed by atoms with Gasteiger partial charge >= 0.3 is 0 Å². The first-order valence-electron chi connectivity index (χ1n) is 5.65. The first kappa shape index (κ1) is 15.4. The minimum absolute atomic E-state index is 0.185. The molecule has 1 rings (SSSR count). The highest BCUT2D eigenvalue weighted by molar-refractivity contribution is 7.89. The molecule has 6 heteroatoms. The average Bonchev–Trinajstić information content (AvgIpc) is 2.29. The highest BCUT2D eigenvalue weighted by Crippen LogP contribution is 2.11. The van der Waals surface area contributed by atoms with Gasteiger partial charge in [-0.25, -0.2) is 13.1 Å². The predicted molar refractivity (Wildman–Crippen MR) is 72.5 cm³/mol. The van der Waals surface area contributed by atoms with Crippen molar-refractivity contribution in [1.82, 2.24) is 4.72 Å². The van der Waals surface area contributed by atoms with E-state index in [2.05, 4.69) is 4.72 Å². The maximum Gasteiger partial charge on any atom is 0.240 e. The summed E-state index contributed by atoms with van der Waals surface area (Å²) in [4.78, 5) is 0.278. The fourth-order valence-electron chi connectivity index (χ4n) is 1.48. The molecule has 0 aromatic heterocycles. The number of sulfonamides is 1. The molecule has 0 aliphatic heterocycles. The molecule has 0 radical (unpaired) electrons. The van der Waals surface area contributed by atoms with E-state index < -0.39 is 10.0 Å². The third-order valence-corrected chi connectivity index (χ3v) is 4.20. The van der Waals surface area contributed by atoms with Gasteiger partial charge in [-0.1, -0.05) is 12.1 Å². The number of alkyl halides is 1. The van der Waals surface area contributed by atoms with E-state index in [-0.39, 0.29) is 10.3 Å². The van der Waals surface area contributed by atoms with Crippen LogP contribution in [0.15, 0.2) is 29.2 Å². The lowest BCUT2D eigenvalue weighted by atomic mass is 10.2. The van der Waals surface area contributed by atoms with Gasteiger partial charge < -0.3 is 4.74 Å². The van der Waals surface area contributed by atoms with E-state index in [1.165, 1.54) is 0 Å². The summed E-state index contributed by atoms with van der Waals surface area (Å²) >= 11 is 5.92. The van der Waals surface area contributed by atoms with Crippen LogP contribution in [0.25, 0.3) is 0 Å². The van der Waals surface area contributed by atoms with Gasteiger partial charge in [0.05, 0.1) is 16.9 Å². The molecule has 18 heavy (non-hydrogen) atoms. The molecule has 0 fully saturated rings. The first-order chi connectivity index (χ1) is 8.45. The highest BCUT2D eigenvalue weighted by Gasteiger charge is 2.14. The number of aryl methyl sites for hydroxylation is 1. The van der Waals surface area contributed by atoms with Crippen molar-refractivity contribution in [2.24, 2.45) is 0 Å². The Hall–Kier alpha value is -0.620. The van der Waals surface area contributed by atoms with Crippen LogP contribution in [0.2, 0.25) is 0 Å². The van der Waals surface area contributed by atoms with E-state index in [9.17, 15) is 8.42 Å². The van der Waals surface area contributed by atoms with Gasteiger partial charge in [0.25, 0.3) is 0 Å². The third-order valence-electron chi connectivity index (χ3n) is 2.40. The van der Waals surface area contributed by atoms with Gasteiger partial charge in [0.2, 0.25) is 10.0 Å². The van der Waals surface area contributed by atoms with Gasteiger partial charge in [0.1, 0.15) is 0 Å². The number of hydrogen-bond acceptors (Lipinski definition) is 3. The Morgan fingerprint density at radius 2 is 2.17 bits per heavy atom. The van der Waals surface area contributed by atoms with Crippen LogP contribution in [0, 0.1) is 6.92 Å². The van der Waals surface area contributed by atoms with Crippen LogP contribution in [0.5, 0.6) is 0 Å². The normalized spacial score (nSPS) is 13.5. The second kappa shape index (κ2) is 7.09. The van der Waals surface area contributed by atoms with Crippen molar-refractivity contribution in [2.75, 3.05) is 20.3 Å². The SMILES string of the molecule is COCC(Cl)CCNS(=O)(=O)c1cccc(C)c1. The van der Waals surface area contributed by atoms with Crippen molar-refractivity contribution in [3.63, 3.8) is 0 Å². The molecule has 0 heterocycles. The largest absolute Gasteiger partial charge is 0.383 e. The van der Waals surface area contributed by atoms with E-state index >= 15 is 0 Å². The van der Waals surface area contributed by atoms with Crippen molar-refractivity contribution in [3.8, 4) is 0 Å². The zero-order valence-corrected chi connectivity index (χ0v) is 12.1. The summed E-state index contributed by atoms with van der Waals surface area (Å²) in [5.41, 5.74) is 0.910. The number of ether oxygens (including phenoxy) is 1. The Bertz CT molecular complexity index is 476. The lowest BCUT2D eigenvalue weighted by Crippen LogP contribution is -2.27. The molecule has 4 nitrogen and oxygen atoms in total. The van der Waals surface area contributed by atoms with Crippen LogP contribution < -0.4 is 4.72 Å². The zero-order valence-electron chi connectivity index (χ0n) is 10.5. The predicted octanol–water partition coefficient (Wildman–Crippen LogP) is 1.92. The Morgan fingerprint density at radius 3 is 2.78 bits per heavy atom. The zero-order chi connectivity index (χ0) is 13.6. The van der Waals surface area contributed by atoms with Crippen LogP contribution in [-0.4, -0.2) is 34.1 Å². The van der Waals surface area contributed by atoms with Crippen LogP contribution in [0.3, 0.4) is 0 Å². The monoisotopic (exact) mass is 291 g/mol. The van der Waals surface area contributed by atoms with E-state index in [4.69, 9.17) is 16.3 Å². The van der Waals surface area contributed by atoms with Gasteiger partial charge in [0, 0.05) is 13.7 Å². The van der Waals surface area contributed by atoms with Gasteiger partial charge in [0.15, 0.2) is 0 Å². The molecule has 0 saturated heterocycles. The van der Waals surface area contributed by atoms with Gasteiger partial charge in [-0.3, -0.25) is 0 Å². The molecule has 0 saturated carbocycles. The minimum atomic E-state index is -3.44. The summed E-state index contributed by atoms with van der Waals surface area (Å²) in [7, 11) is -1.88.